The molecule has 282 valence electrons. The van der Waals surface area contributed by atoms with Crippen molar-refractivity contribution in [3.63, 3.8) is 0 Å². The molecular formula is C40H38Cl2N8O5. The highest BCUT2D eigenvalue weighted by Gasteiger charge is 2.45. The Morgan fingerprint density at radius 1 is 0.873 bits per heavy atom. The van der Waals surface area contributed by atoms with E-state index in [-0.39, 0.29) is 30.7 Å². The number of aromatic nitrogens is 6. The van der Waals surface area contributed by atoms with Gasteiger partial charge in [0.25, 0.3) is 0 Å². The Balaban J connectivity index is 0.841. The first-order valence-electron chi connectivity index (χ1n) is 17.9. The smallest absolute Gasteiger partial charge is 0.351 e. The molecule has 4 heterocycles. The van der Waals surface area contributed by atoms with Crippen molar-refractivity contribution in [1.82, 2.24) is 29.1 Å². The van der Waals surface area contributed by atoms with Crippen molar-refractivity contribution in [3.8, 4) is 11.4 Å². The number of anilines is 2. The third-order valence-electron chi connectivity index (χ3n) is 9.95. The van der Waals surface area contributed by atoms with E-state index in [4.69, 9.17) is 37.4 Å². The first kappa shape index (κ1) is 36.5. The van der Waals surface area contributed by atoms with Gasteiger partial charge in [-0.15, -0.1) is 0 Å². The van der Waals surface area contributed by atoms with Crippen molar-refractivity contribution in [2.24, 2.45) is 0 Å². The van der Waals surface area contributed by atoms with Gasteiger partial charge in [0.2, 0.25) is 5.79 Å². The zero-order chi connectivity index (χ0) is 37.9. The molecule has 55 heavy (non-hydrogen) atoms. The summed E-state index contributed by atoms with van der Waals surface area (Å²) in [7, 11) is 0. The average molecular weight is 782 g/mol. The molecule has 2 aliphatic rings. The SMILES string of the molecule is CC(C(=O)c1ccccc1)n1ncn(-c2ccc(N3CCN(c4ccc(OCC5COC(Cn6cncn6)(c6ccc(Cl)cc6Cl)O5)cc4)CC3)cc2)c1=O. The predicted octanol–water partition coefficient (Wildman–Crippen LogP) is 6.05. The Hall–Kier alpha value is -5.47. The minimum atomic E-state index is -1.18. The second-order valence-corrected chi connectivity index (χ2v) is 14.3. The van der Waals surface area contributed by atoms with Crippen LogP contribution in [0.5, 0.6) is 5.75 Å². The minimum absolute atomic E-state index is 0.165. The number of hydrogen-bond acceptors (Lipinski definition) is 10. The van der Waals surface area contributed by atoms with Gasteiger partial charge in [0, 0.05) is 53.7 Å². The standard InChI is InChI=1S/C40H38Cl2N8O5/c1-28(38(51)29-5-3-2-4-6-29)50-39(52)49(27-45-50)33-10-8-31(9-11-33)46-17-19-47(20-18-46)32-12-14-34(15-13-32)53-22-35-23-54-40(55-35,24-48-26-43-25-44-48)36-16-7-30(41)21-37(36)42/h2-16,21,25-28,35H,17-20,22-24H2,1H3. The summed E-state index contributed by atoms with van der Waals surface area (Å²) in [5, 5.41) is 9.44. The van der Waals surface area contributed by atoms with E-state index in [0.717, 1.165) is 43.3 Å². The van der Waals surface area contributed by atoms with Gasteiger partial charge in [-0.3, -0.25) is 4.79 Å². The molecule has 0 amide bonds. The van der Waals surface area contributed by atoms with Crippen LogP contribution in [0.1, 0.15) is 28.9 Å². The van der Waals surface area contributed by atoms with Gasteiger partial charge in [0.15, 0.2) is 5.78 Å². The van der Waals surface area contributed by atoms with Crippen LogP contribution in [0.3, 0.4) is 0 Å². The molecule has 0 spiro atoms. The molecule has 13 nitrogen and oxygen atoms in total. The number of benzene rings is 4. The van der Waals surface area contributed by atoms with Crippen LogP contribution in [0.25, 0.3) is 5.69 Å². The van der Waals surface area contributed by atoms with E-state index in [0.29, 0.717) is 33.5 Å². The van der Waals surface area contributed by atoms with Gasteiger partial charge in [-0.25, -0.2) is 23.7 Å². The molecule has 6 aromatic rings. The quantitative estimate of drug-likeness (QED) is 0.136. The zero-order valence-corrected chi connectivity index (χ0v) is 31.5. The van der Waals surface area contributed by atoms with E-state index in [2.05, 4.69) is 37.1 Å². The Labute approximate surface area is 327 Å². The largest absolute Gasteiger partial charge is 0.491 e. The number of ketones is 1. The van der Waals surface area contributed by atoms with E-state index >= 15 is 0 Å². The van der Waals surface area contributed by atoms with Gasteiger partial charge in [-0.2, -0.15) is 10.2 Å². The lowest BCUT2D eigenvalue weighted by Crippen LogP contribution is -2.46. The lowest BCUT2D eigenvalue weighted by atomic mass is 10.1. The number of rotatable bonds is 12. The highest BCUT2D eigenvalue weighted by Crippen LogP contribution is 2.40. The van der Waals surface area contributed by atoms with Gasteiger partial charge in [0.05, 0.1) is 17.3 Å². The maximum atomic E-state index is 13.2. The van der Waals surface area contributed by atoms with Crippen molar-refractivity contribution in [1.29, 1.82) is 0 Å². The van der Waals surface area contributed by atoms with E-state index in [1.807, 2.05) is 42.5 Å². The van der Waals surface area contributed by atoms with E-state index < -0.39 is 11.8 Å². The lowest BCUT2D eigenvalue weighted by molar-refractivity contribution is -0.190. The minimum Gasteiger partial charge on any atom is -0.491 e. The molecule has 0 N–H and O–H groups in total. The van der Waals surface area contributed by atoms with Crippen LogP contribution in [-0.4, -0.2) is 80.4 Å². The number of carbonyl (C=O) groups is 1. The predicted molar refractivity (Wildman–Crippen MR) is 209 cm³/mol. The lowest BCUT2D eigenvalue weighted by Gasteiger charge is -2.37. The molecule has 15 heteroatoms. The number of halogens is 2. The molecule has 4 aromatic carbocycles. The zero-order valence-electron chi connectivity index (χ0n) is 29.9. The summed E-state index contributed by atoms with van der Waals surface area (Å²) >= 11 is 12.8. The van der Waals surface area contributed by atoms with Crippen molar-refractivity contribution < 1.29 is 19.0 Å². The Morgan fingerprint density at radius 3 is 2.20 bits per heavy atom. The average Bonchev–Trinajstić information content (AvgIpc) is 3.98. The van der Waals surface area contributed by atoms with Gasteiger partial charge >= 0.3 is 5.69 Å². The molecule has 8 rings (SSSR count). The van der Waals surface area contributed by atoms with Gasteiger partial charge in [-0.05, 0) is 67.6 Å². The number of nitrogens with zero attached hydrogens (tertiary/aromatic N) is 8. The molecular weight excluding hydrogens is 743 g/mol. The van der Waals surface area contributed by atoms with E-state index in [1.54, 1.807) is 60.4 Å². The number of ether oxygens (including phenoxy) is 3. The molecule has 0 radical (unpaired) electrons. The van der Waals surface area contributed by atoms with Crippen LogP contribution >= 0.6 is 23.2 Å². The van der Waals surface area contributed by atoms with Crippen molar-refractivity contribution >= 4 is 40.4 Å². The molecule has 3 unspecified atom stereocenters. The number of hydrogen-bond donors (Lipinski definition) is 0. The van der Waals surface area contributed by atoms with E-state index in [1.165, 1.54) is 21.9 Å². The third kappa shape index (κ3) is 7.74. The maximum absolute atomic E-state index is 13.2. The Morgan fingerprint density at radius 2 is 1.55 bits per heavy atom. The summed E-state index contributed by atoms with van der Waals surface area (Å²) in [5.74, 6) is -0.612. The molecule has 0 bridgehead atoms. The van der Waals surface area contributed by atoms with Crippen molar-refractivity contribution in [3.05, 3.63) is 148 Å². The summed E-state index contributed by atoms with van der Waals surface area (Å²) in [6.07, 6.45) is 4.17. The molecule has 2 saturated heterocycles. The second-order valence-electron chi connectivity index (χ2n) is 13.5. The first-order valence-corrected chi connectivity index (χ1v) is 18.7. The maximum Gasteiger partial charge on any atom is 0.351 e. The fourth-order valence-electron chi connectivity index (χ4n) is 6.99. The topological polar surface area (TPSA) is 122 Å². The fourth-order valence-corrected chi connectivity index (χ4v) is 7.54. The molecule has 3 atom stereocenters. The Kier molecular flexibility index (Phi) is 10.4. The second kappa shape index (κ2) is 15.7. The van der Waals surface area contributed by atoms with Crippen LogP contribution in [0, 0.1) is 0 Å². The van der Waals surface area contributed by atoms with Crippen LogP contribution < -0.4 is 20.2 Å². The van der Waals surface area contributed by atoms with Crippen LogP contribution in [0.2, 0.25) is 10.0 Å². The molecule has 2 aromatic heterocycles. The number of Topliss-reactive ketones (excluding diaryl/α,β-unsaturated/α-hetero) is 1. The van der Waals surface area contributed by atoms with Gasteiger partial charge < -0.3 is 24.0 Å². The van der Waals surface area contributed by atoms with Crippen LogP contribution in [0.15, 0.2) is 121 Å². The highest BCUT2D eigenvalue weighted by molar-refractivity contribution is 6.35. The Bertz CT molecular complexity index is 2290. The summed E-state index contributed by atoms with van der Waals surface area (Å²) in [5.41, 5.74) is 3.70. The number of carbonyl (C=O) groups excluding carboxylic acids is 1. The first-order chi connectivity index (χ1) is 26.8. The summed E-state index contributed by atoms with van der Waals surface area (Å²) in [6, 6.07) is 29.4. The molecule has 0 saturated carbocycles. The molecule has 2 fully saturated rings. The summed E-state index contributed by atoms with van der Waals surface area (Å²) < 4.78 is 23.2. The van der Waals surface area contributed by atoms with Gasteiger partial charge in [-0.1, -0.05) is 59.6 Å². The third-order valence-corrected chi connectivity index (χ3v) is 10.5. The normalized spacial score (nSPS) is 19.1. The van der Waals surface area contributed by atoms with Crippen LogP contribution in [0.4, 0.5) is 11.4 Å². The van der Waals surface area contributed by atoms with E-state index in [9.17, 15) is 9.59 Å². The molecule has 2 aliphatic heterocycles. The summed E-state index contributed by atoms with van der Waals surface area (Å²) in [4.78, 5) is 34.9. The van der Waals surface area contributed by atoms with Crippen molar-refractivity contribution in [2.45, 2.75) is 31.4 Å². The monoisotopic (exact) mass is 780 g/mol. The van der Waals surface area contributed by atoms with Crippen LogP contribution in [-0.2, 0) is 21.8 Å². The van der Waals surface area contributed by atoms with Gasteiger partial charge in [0.1, 0.15) is 50.0 Å². The number of piperazine rings is 1. The summed E-state index contributed by atoms with van der Waals surface area (Å²) in [6.45, 7) is 5.89. The molecule has 0 aliphatic carbocycles. The van der Waals surface area contributed by atoms with Crippen molar-refractivity contribution in [2.75, 3.05) is 49.2 Å². The fraction of sp³-hybridized carbons (Fsp3) is 0.275. The highest BCUT2D eigenvalue weighted by atomic mass is 35.5.